The summed E-state index contributed by atoms with van der Waals surface area (Å²) in [4.78, 5) is 14.6. The maximum atomic E-state index is 12.4. The van der Waals surface area contributed by atoms with Gasteiger partial charge in [0.2, 0.25) is 5.91 Å². The van der Waals surface area contributed by atoms with Crippen molar-refractivity contribution in [2.24, 2.45) is 5.92 Å². The zero-order valence-corrected chi connectivity index (χ0v) is 14.2. The monoisotopic (exact) mass is 329 g/mol. The molecule has 0 spiro atoms. The molecule has 1 aromatic rings. The maximum Gasteiger partial charge on any atom is 0.220 e. The average molecular weight is 329 g/mol. The fourth-order valence-corrected chi connectivity index (χ4v) is 4.70. The molecule has 3 atom stereocenters. The lowest BCUT2D eigenvalue weighted by atomic mass is 9.89. The van der Waals surface area contributed by atoms with Crippen molar-refractivity contribution in [3.05, 3.63) is 18.3 Å². The van der Waals surface area contributed by atoms with Gasteiger partial charge in [-0.2, -0.15) is 5.10 Å². The fraction of sp³-hybridized carbons (Fsp3) is 0.722. The highest BCUT2D eigenvalue weighted by Gasteiger charge is 2.34. The third-order valence-electron chi connectivity index (χ3n) is 5.81. The Hall–Kier alpha value is -1.69. The van der Waals surface area contributed by atoms with Crippen LogP contribution in [0.5, 0.6) is 0 Å². The molecular formula is C18H27N5O. The van der Waals surface area contributed by atoms with Crippen LogP contribution >= 0.6 is 0 Å². The molecule has 0 aromatic carbocycles. The van der Waals surface area contributed by atoms with Crippen LogP contribution in [0.15, 0.2) is 18.3 Å². The molecule has 3 saturated heterocycles. The minimum atomic E-state index is 0.215. The van der Waals surface area contributed by atoms with Crippen LogP contribution in [0.1, 0.15) is 44.9 Å². The summed E-state index contributed by atoms with van der Waals surface area (Å²) >= 11 is 0. The SMILES string of the molecule is O=C(CC1CC2CCC(C1)N2)NCC1CCCN1c1cccnn1. The predicted octanol–water partition coefficient (Wildman–Crippen LogP) is 1.48. The smallest absolute Gasteiger partial charge is 0.220 e. The van der Waals surface area contributed by atoms with Crippen LogP contribution in [0.4, 0.5) is 5.82 Å². The number of amides is 1. The molecule has 6 heteroatoms. The third kappa shape index (κ3) is 3.53. The minimum absolute atomic E-state index is 0.215. The summed E-state index contributed by atoms with van der Waals surface area (Å²) in [5.41, 5.74) is 0. The number of anilines is 1. The molecular weight excluding hydrogens is 302 g/mol. The molecule has 0 aliphatic carbocycles. The lowest BCUT2D eigenvalue weighted by Gasteiger charge is -2.29. The highest BCUT2D eigenvalue weighted by Crippen LogP contribution is 2.32. The highest BCUT2D eigenvalue weighted by atomic mass is 16.1. The van der Waals surface area contributed by atoms with E-state index in [4.69, 9.17) is 0 Å². The molecule has 2 bridgehead atoms. The van der Waals surface area contributed by atoms with Gasteiger partial charge in [-0.15, -0.1) is 5.10 Å². The van der Waals surface area contributed by atoms with Gasteiger partial charge in [0.1, 0.15) is 0 Å². The number of carbonyl (C=O) groups excluding carboxylic acids is 1. The van der Waals surface area contributed by atoms with Crippen molar-refractivity contribution in [2.75, 3.05) is 18.0 Å². The maximum absolute atomic E-state index is 12.4. The summed E-state index contributed by atoms with van der Waals surface area (Å²) in [6.45, 7) is 1.71. The summed E-state index contributed by atoms with van der Waals surface area (Å²) < 4.78 is 0. The molecule has 130 valence electrons. The van der Waals surface area contributed by atoms with Gasteiger partial charge in [-0.1, -0.05) is 0 Å². The van der Waals surface area contributed by atoms with E-state index in [0.29, 0.717) is 37.0 Å². The van der Waals surface area contributed by atoms with Gasteiger partial charge in [-0.3, -0.25) is 4.79 Å². The van der Waals surface area contributed by atoms with Crippen molar-refractivity contribution in [3.8, 4) is 0 Å². The van der Waals surface area contributed by atoms with Crippen LogP contribution in [0.3, 0.4) is 0 Å². The molecule has 4 heterocycles. The van der Waals surface area contributed by atoms with Gasteiger partial charge < -0.3 is 15.5 Å². The van der Waals surface area contributed by atoms with Gasteiger partial charge in [0.25, 0.3) is 0 Å². The van der Waals surface area contributed by atoms with Crippen LogP contribution < -0.4 is 15.5 Å². The van der Waals surface area contributed by atoms with Crippen molar-refractivity contribution in [1.29, 1.82) is 0 Å². The van der Waals surface area contributed by atoms with E-state index in [-0.39, 0.29) is 5.91 Å². The van der Waals surface area contributed by atoms with Crippen molar-refractivity contribution in [1.82, 2.24) is 20.8 Å². The van der Waals surface area contributed by atoms with Gasteiger partial charge in [0.05, 0.1) is 0 Å². The van der Waals surface area contributed by atoms with Crippen LogP contribution in [0.2, 0.25) is 0 Å². The molecule has 3 aliphatic heterocycles. The van der Waals surface area contributed by atoms with E-state index >= 15 is 0 Å². The van der Waals surface area contributed by atoms with Crippen LogP contribution in [0, 0.1) is 5.92 Å². The van der Waals surface area contributed by atoms with Crippen LogP contribution in [-0.4, -0.2) is 47.3 Å². The van der Waals surface area contributed by atoms with Gasteiger partial charge >= 0.3 is 0 Å². The number of hydrogen-bond donors (Lipinski definition) is 2. The zero-order valence-electron chi connectivity index (χ0n) is 14.2. The second-order valence-corrected chi connectivity index (χ2v) is 7.55. The molecule has 1 amide bonds. The minimum Gasteiger partial charge on any atom is -0.354 e. The molecule has 24 heavy (non-hydrogen) atoms. The molecule has 2 N–H and O–H groups in total. The number of rotatable bonds is 5. The molecule has 3 fully saturated rings. The number of nitrogens with one attached hydrogen (secondary N) is 2. The molecule has 0 radical (unpaired) electrons. The molecule has 1 aromatic heterocycles. The number of nitrogens with zero attached hydrogens (tertiary/aromatic N) is 3. The van der Waals surface area contributed by atoms with Gasteiger partial charge in [0.15, 0.2) is 5.82 Å². The van der Waals surface area contributed by atoms with Gasteiger partial charge in [0, 0.05) is 43.8 Å². The average Bonchev–Trinajstić information content (AvgIpc) is 3.20. The van der Waals surface area contributed by atoms with E-state index in [1.165, 1.54) is 25.7 Å². The first-order chi connectivity index (χ1) is 11.8. The van der Waals surface area contributed by atoms with Crippen molar-refractivity contribution < 1.29 is 4.79 Å². The highest BCUT2D eigenvalue weighted by molar-refractivity contribution is 5.76. The quantitative estimate of drug-likeness (QED) is 0.856. The molecule has 3 aliphatic rings. The van der Waals surface area contributed by atoms with E-state index in [0.717, 1.165) is 25.2 Å². The van der Waals surface area contributed by atoms with E-state index in [2.05, 4.69) is 25.7 Å². The Balaban J connectivity index is 1.26. The number of piperidine rings is 1. The Bertz CT molecular complexity index is 554. The standard InChI is InChI=1S/C18H27N5O/c24-18(11-13-9-14-5-6-15(10-13)21-14)19-12-16-3-2-8-23(16)17-4-1-7-20-22-17/h1,4,7,13-16,21H,2-3,5-6,8-12H2,(H,19,24). The Kier molecular flexibility index (Phi) is 4.65. The van der Waals surface area contributed by atoms with Crippen LogP contribution in [0.25, 0.3) is 0 Å². The lowest BCUT2D eigenvalue weighted by molar-refractivity contribution is -0.122. The molecule has 6 nitrogen and oxygen atoms in total. The second kappa shape index (κ2) is 7.05. The number of carbonyl (C=O) groups is 1. The number of aromatic nitrogens is 2. The molecule has 0 saturated carbocycles. The van der Waals surface area contributed by atoms with E-state index in [1.807, 2.05) is 12.1 Å². The Morgan fingerprint density at radius 1 is 1.29 bits per heavy atom. The second-order valence-electron chi connectivity index (χ2n) is 7.55. The third-order valence-corrected chi connectivity index (χ3v) is 5.81. The largest absolute Gasteiger partial charge is 0.354 e. The lowest BCUT2D eigenvalue weighted by Crippen LogP contribution is -2.42. The number of fused-ring (bicyclic) bond motifs is 2. The first-order valence-corrected chi connectivity index (χ1v) is 9.35. The molecule has 3 unspecified atom stereocenters. The normalized spacial score (nSPS) is 32.1. The van der Waals surface area contributed by atoms with Crippen LogP contribution in [-0.2, 0) is 4.79 Å². The van der Waals surface area contributed by atoms with E-state index in [1.54, 1.807) is 6.20 Å². The Morgan fingerprint density at radius 2 is 2.12 bits per heavy atom. The first kappa shape index (κ1) is 15.8. The number of hydrogen-bond acceptors (Lipinski definition) is 5. The topological polar surface area (TPSA) is 70.2 Å². The van der Waals surface area contributed by atoms with E-state index in [9.17, 15) is 4.79 Å². The molecule has 4 rings (SSSR count). The van der Waals surface area contributed by atoms with Gasteiger partial charge in [-0.25, -0.2) is 0 Å². The van der Waals surface area contributed by atoms with Crippen molar-refractivity contribution >= 4 is 11.7 Å². The summed E-state index contributed by atoms with van der Waals surface area (Å²) in [7, 11) is 0. The summed E-state index contributed by atoms with van der Waals surface area (Å²) in [5.74, 6) is 1.69. The van der Waals surface area contributed by atoms with E-state index < -0.39 is 0 Å². The summed E-state index contributed by atoms with van der Waals surface area (Å²) in [5, 5.41) is 15.0. The predicted molar refractivity (Wildman–Crippen MR) is 92.7 cm³/mol. The van der Waals surface area contributed by atoms with Gasteiger partial charge in [-0.05, 0) is 56.6 Å². The van der Waals surface area contributed by atoms with Crippen molar-refractivity contribution in [3.63, 3.8) is 0 Å². The Morgan fingerprint density at radius 3 is 2.88 bits per heavy atom. The summed E-state index contributed by atoms with van der Waals surface area (Å²) in [6.07, 6.45) is 9.55. The Labute approximate surface area is 143 Å². The first-order valence-electron chi connectivity index (χ1n) is 9.35. The fourth-order valence-electron chi connectivity index (χ4n) is 4.70. The zero-order chi connectivity index (χ0) is 16.4. The van der Waals surface area contributed by atoms with Crippen molar-refractivity contribution in [2.45, 2.75) is 63.1 Å². The summed E-state index contributed by atoms with van der Waals surface area (Å²) in [6, 6.07) is 5.57.